The number of nitrogens with one attached hydrogen (secondary N) is 1. The first-order valence-corrected chi connectivity index (χ1v) is 13.3. The normalized spacial score (nSPS) is 16.6. The van der Waals surface area contributed by atoms with Crippen LogP contribution in [0.2, 0.25) is 0 Å². The van der Waals surface area contributed by atoms with Crippen LogP contribution in [-0.2, 0) is 24.2 Å². The molecule has 1 N–H and O–H groups in total. The van der Waals surface area contributed by atoms with Crippen molar-refractivity contribution in [3.05, 3.63) is 81.4 Å². The van der Waals surface area contributed by atoms with Crippen LogP contribution in [0.4, 0.5) is 5.69 Å². The zero-order valence-electron chi connectivity index (χ0n) is 20.5. The Labute approximate surface area is 214 Å². The third-order valence-corrected chi connectivity index (χ3v) is 8.32. The van der Waals surface area contributed by atoms with Gasteiger partial charge in [-0.1, -0.05) is 30.3 Å². The summed E-state index contributed by atoms with van der Waals surface area (Å²) in [4.78, 5) is 34.9. The van der Waals surface area contributed by atoms with Gasteiger partial charge < -0.3 is 19.7 Å². The Bertz CT molecular complexity index is 1470. The molecule has 2 aliphatic rings. The summed E-state index contributed by atoms with van der Waals surface area (Å²) < 4.78 is 2.27. The van der Waals surface area contributed by atoms with Gasteiger partial charge in [-0.2, -0.15) is 0 Å². The highest BCUT2D eigenvalue weighted by Gasteiger charge is 2.42. The van der Waals surface area contributed by atoms with Crippen molar-refractivity contribution in [1.82, 2.24) is 19.8 Å². The van der Waals surface area contributed by atoms with Gasteiger partial charge in [0.25, 0.3) is 5.91 Å². The number of para-hydroxylation sites is 2. The van der Waals surface area contributed by atoms with Crippen LogP contribution in [0.25, 0.3) is 10.9 Å². The van der Waals surface area contributed by atoms with Crippen LogP contribution in [0.5, 0.6) is 0 Å². The molecule has 2 aromatic heterocycles. The molecule has 0 saturated carbocycles. The van der Waals surface area contributed by atoms with Crippen LogP contribution in [0, 0.1) is 6.92 Å². The van der Waals surface area contributed by atoms with Crippen LogP contribution in [0.15, 0.2) is 53.9 Å². The molecular weight excluding hydrogens is 470 g/mol. The summed E-state index contributed by atoms with van der Waals surface area (Å²) in [6, 6.07) is 16.2. The molecule has 4 heterocycles. The number of thiazole rings is 1. The van der Waals surface area contributed by atoms with E-state index < -0.39 is 0 Å². The zero-order chi connectivity index (χ0) is 24.8. The third-order valence-electron chi connectivity index (χ3n) is 7.29. The minimum atomic E-state index is -0.195. The second-order valence-electron chi connectivity index (χ2n) is 9.52. The Morgan fingerprint density at radius 3 is 2.81 bits per heavy atom. The minimum absolute atomic E-state index is 0.0286. The van der Waals surface area contributed by atoms with Crippen LogP contribution in [0.3, 0.4) is 0 Å². The molecule has 0 aliphatic carbocycles. The first kappa shape index (κ1) is 22.8. The highest BCUT2D eigenvalue weighted by Crippen LogP contribution is 2.44. The average Bonchev–Trinajstić information content (AvgIpc) is 3.46. The number of amides is 2. The van der Waals surface area contributed by atoms with E-state index >= 15 is 0 Å². The summed E-state index contributed by atoms with van der Waals surface area (Å²) in [5.74, 6) is 0.104. The maximum Gasteiger partial charge on any atom is 0.257 e. The summed E-state index contributed by atoms with van der Waals surface area (Å²) in [5.41, 5.74) is 6.24. The lowest BCUT2D eigenvalue weighted by atomic mass is 9.96. The smallest absolute Gasteiger partial charge is 0.257 e. The highest BCUT2D eigenvalue weighted by molar-refractivity contribution is 7.09. The van der Waals surface area contributed by atoms with Gasteiger partial charge in [0.2, 0.25) is 5.91 Å². The van der Waals surface area contributed by atoms with Crippen molar-refractivity contribution in [2.45, 2.75) is 38.9 Å². The minimum Gasteiger partial charge on any atom is -0.356 e. The molecule has 8 heteroatoms. The van der Waals surface area contributed by atoms with E-state index in [2.05, 4.69) is 45.0 Å². The summed E-state index contributed by atoms with van der Waals surface area (Å²) in [6.45, 7) is 3.81. The van der Waals surface area contributed by atoms with E-state index in [0.717, 1.165) is 46.0 Å². The molecule has 0 radical (unpaired) electrons. The number of nitrogens with zero attached hydrogens (tertiary/aromatic N) is 4. The Morgan fingerprint density at radius 1 is 1.17 bits per heavy atom. The first-order chi connectivity index (χ1) is 17.5. The molecule has 2 amide bonds. The molecule has 184 valence electrons. The molecule has 0 bridgehead atoms. The average molecular weight is 500 g/mol. The fraction of sp³-hybridized carbons (Fsp3) is 0.321. The monoisotopic (exact) mass is 499 g/mol. The molecule has 7 nitrogen and oxygen atoms in total. The summed E-state index contributed by atoms with van der Waals surface area (Å²) in [5, 5.41) is 7.35. The van der Waals surface area contributed by atoms with E-state index in [4.69, 9.17) is 0 Å². The predicted octanol–water partition coefficient (Wildman–Crippen LogP) is 4.30. The molecule has 0 spiro atoms. The van der Waals surface area contributed by atoms with Gasteiger partial charge >= 0.3 is 0 Å². The number of aryl methyl sites for hydroxylation is 2. The summed E-state index contributed by atoms with van der Waals surface area (Å²) >= 11 is 1.63. The molecule has 0 saturated heterocycles. The van der Waals surface area contributed by atoms with E-state index in [-0.39, 0.29) is 18.0 Å². The van der Waals surface area contributed by atoms with Crippen molar-refractivity contribution in [2.24, 2.45) is 0 Å². The Hall–Kier alpha value is -3.65. The van der Waals surface area contributed by atoms with Gasteiger partial charge in [0.15, 0.2) is 0 Å². The van der Waals surface area contributed by atoms with Gasteiger partial charge in [-0.3, -0.25) is 9.59 Å². The van der Waals surface area contributed by atoms with Crippen molar-refractivity contribution in [3.63, 3.8) is 0 Å². The van der Waals surface area contributed by atoms with Gasteiger partial charge in [-0.05, 0) is 37.1 Å². The van der Waals surface area contributed by atoms with Crippen molar-refractivity contribution >= 4 is 39.7 Å². The maximum absolute atomic E-state index is 13.5. The first-order valence-electron chi connectivity index (χ1n) is 12.4. The second-order valence-corrected chi connectivity index (χ2v) is 10.5. The number of aromatic nitrogens is 2. The lowest BCUT2D eigenvalue weighted by Gasteiger charge is -2.46. The predicted molar refractivity (Wildman–Crippen MR) is 142 cm³/mol. The SMILES string of the molecule is Cc1csc(CCNC(=O)CCn2c3c(c4ccccc42)CCN2C(=O)c4ccccc4N(C)C32)n1. The van der Waals surface area contributed by atoms with Gasteiger partial charge in [0, 0.05) is 61.5 Å². The molecular formula is C28H29N5O2S. The number of carbonyl (C=O) groups is 2. The summed E-state index contributed by atoms with van der Waals surface area (Å²) in [6.07, 6.45) is 1.73. The van der Waals surface area contributed by atoms with Crippen LogP contribution < -0.4 is 10.2 Å². The number of anilines is 1. The molecule has 4 aromatic rings. The highest BCUT2D eigenvalue weighted by atomic mass is 32.1. The summed E-state index contributed by atoms with van der Waals surface area (Å²) in [7, 11) is 2.06. The number of hydrogen-bond donors (Lipinski definition) is 1. The largest absolute Gasteiger partial charge is 0.356 e. The molecule has 6 rings (SSSR count). The maximum atomic E-state index is 13.5. The van der Waals surface area contributed by atoms with Crippen molar-refractivity contribution < 1.29 is 9.59 Å². The Kier molecular flexibility index (Phi) is 5.76. The van der Waals surface area contributed by atoms with E-state index in [0.29, 0.717) is 26.1 Å². The van der Waals surface area contributed by atoms with Crippen LogP contribution in [-0.4, -0.2) is 46.4 Å². The van der Waals surface area contributed by atoms with E-state index in [1.165, 1.54) is 10.9 Å². The lowest BCUT2D eigenvalue weighted by Crippen LogP contribution is -2.51. The fourth-order valence-electron chi connectivity index (χ4n) is 5.68. The topological polar surface area (TPSA) is 70.5 Å². The van der Waals surface area contributed by atoms with Crippen molar-refractivity contribution in [3.8, 4) is 0 Å². The zero-order valence-corrected chi connectivity index (χ0v) is 21.3. The number of fused-ring (bicyclic) bond motifs is 6. The molecule has 0 fully saturated rings. The third kappa shape index (κ3) is 3.76. The quantitative estimate of drug-likeness (QED) is 0.429. The van der Waals surface area contributed by atoms with Gasteiger partial charge in [-0.15, -0.1) is 11.3 Å². The number of carbonyl (C=O) groups excluding carboxylic acids is 2. The molecule has 2 aliphatic heterocycles. The van der Waals surface area contributed by atoms with Crippen LogP contribution >= 0.6 is 11.3 Å². The van der Waals surface area contributed by atoms with E-state index in [1.54, 1.807) is 11.3 Å². The van der Waals surface area contributed by atoms with Gasteiger partial charge in [0.1, 0.15) is 6.17 Å². The van der Waals surface area contributed by atoms with Crippen LogP contribution in [0.1, 0.15) is 44.9 Å². The van der Waals surface area contributed by atoms with Gasteiger partial charge in [0.05, 0.1) is 22.0 Å². The number of benzene rings is 2. The van der Waals surface area contributed by atoms with E-state index in [9.17, 15) is 9.59 Å². The Morgan fingerprint density at radius 2 is 1.97 bits per heavy atom. The van der Waals surface area contributed by atoms with E-state index in [1.807, 2.05) is 47.5 Å². The van der Waals surface area contributed by atoms with Crippen molar-refractivity contribution in [2.75, 3.05) is 25.0 Å². The fourth-order valence-corrected chi connectivity index (χ4v) is 6.45. The van der Waals surface area contributed by atoms with Gasteiger partial charge in [-0.25, -0.2) is 4.98 Å². The standard InChI is InChI=1S/C28H29N5O2S/c1-18-17-36-25(30-18)11-14-29-24(34)13-16-32-23-10-6-3-7-19(23)20-12-15-33-27(26(20)32)31(2)22-9-5-4-8-21(22)28(33)35/h3-10,17,27H,11-16H2,1-2H3,(H,29,34). The number of rotatable bonds is 6. The molecule has 1 atom stereocenters. The van der Waals surface area contributed by atoms with Crippen molar-refractivity contribution in [1.29, 1.82) is 0 Å². The molecule has 36 heavy (non-hydrogen) atoms. The molecule has 2 aromatic carbocycles. The molecule has 1 unspecified atom stereocenters. The lowest BCUT2D eigenvalue weighted by molar-refractivity contribution is -0.121. The Balaban J connectivity index is 1.29. The number of hydrogen-bond acceptors (Lipinski definition) is 5. The second kappa shape index (κ2) is 9.09.